The first-order chi connectivity index (χ1) is 5.72. The van der Waals surface area contributed by atoms with Gasteiger partial charge in [-0.25, -0.2) is 0 Å². The molecule has 0 aromatic carbocycles. The van der Waals surface area contributed by atoms with Crippen molar-refractivity contribution < 1.29 is 9.47 Å². The zero-order valence-electron chi connectivity index (χ0n) is 7.43. The molecule has 0 aromatic rings. The van der Waals surface area contributed by atoms with Gasteiger partial charge in [0.25, 0.3) is 0 Å². The highest BCUT2D eigenvalue weighted by molar-refractivity contribution is 5.84. The predicted octanol–water partition coefficient (Wildman–Crippen LogP) is 1.57. The van der Waals surface area contributed by atoms with E-state index in [1.165, 1.54) is 0 Å². The van der Waals surface area contributed by atoms with Crippen LogP contribution in [0.25, 0.3) is 0 Å². The van der Waals surface area contributed by atoms with Crippen molar-refractivity contribution in [3.05, 3.63) is 0 Å². The highest BCUT2D eigenvalue weighted by atomic mass is 16.7. The van der Waals surface area contributed by atoms with Crippen molar-refractivity contribution in [2.24, 2.45) is 5.92 Å². The van der Waals surface area contributed by atoms with Gasteiger partial charge in [-0.1, -0.05) is 6.92 Å². The lowest BCUT2D eigenvalue weighted by Gasteiger charge is -2.35. The first-order valence-electron chi connectivity index (χ1n) is 4.57. The molecule has 0 bridgehead atoms. The molecular formula is C9H15NO2. The molecule has 2 fully saturated rings. The summed E-state index contributed by atoms with van der Waals surface area (Å²) >= 11 is 0. The second-order valence-electron chi connectivity index (χ2n) is 3.74. The quantitative estimate of drug-likeness (QED) is 0.598. The van der Waals surface area contributed by atoms with Crippen LogP contribution in [0.15, 0.2) is 0 Å². The highest BCUT2D eigenvalue weighted by Crippen LogP contribution is 2.36. The maximum absolute atomic E-state index is 7.63. The van der Waals surface area contributed by atoms with Crippen molar-refractivity contribution in [2.45, 2.75) is 32.0 Å². The fourth-order valence-corrected chi connectivity index (χ4v) is 2.02. The molecule has 0 amide bonds. The number of ether oxygens (including phenoxy) is 2. The van der Waals surface area contributed by atoms with Gasteiger partial charge in [0, 0.05) is 18.6 Å². The Labute approximate surface area is 72.6 Å². The van der Waals surface area contributed by atoms with E-state index in [0.29, 0.717) is 5.92 Å². The molecule has 1 heterocycles. The average Bonchev–Trinajstić information content (AvgIpc) is 2.47. The molecule has 3 nitrogen and oxygen atoms in total. The van der Waals surface area contributed by atoms with Crippen molar-refractivity contribution in [1.29, 1.82) is 5.41 Å². The third-order valence-corrected chi connectivity index (χ3v) is 2.80. The Hall–Kier alpha value is -0.410. The minimum Gasteiger partial charge on any atom is -0.347 e. The predicted molar refractivity (Wildman–Crippen MR) is 45.4 cm³/mol. The summed E-state index contributed by atoms with van der Waals surface area (Å²) in [6.07, 6.45) is 2.57. The largest absolute Gasteiger partial charge is 0.347 e. The zero-order valence-corrected chi connectivity index (χ0v) is 7.43. The van der Waals surface area contributed by atoms with E-state index in [9.17, 15) is 0 Å². The van der Waals surface area contributed by atoms with Crippen LogP contribution in [-0.4, -0.2) is 24.7 Å². The van der Waals surface area contributed by atoms with Crippen LogP contribution in [0.5, 0.6) is 0 Å². The Bertz CT molecular complexity index is 197. The second-order valence-corrected chi connectivity index (χ2v) is 3.74. The van der Waals surface area contributed by atoms with Gasteiger partial charge in [0.1, 0.15) is 0 Å². The maximum Gasteiger partial charge on any atom is 0.169 e. The van der Waals surface area contributed by atoms with Crippen LogP contribution in [0.1, 0.15) is 26.2 Å². The van der Waals surface area contributed by atoms with Crippen molar-refractivity contribution >= 4 is 5.71 Å². The molecule has 2 rings (SSSR count). The highest BCUT2D eigenvalue weighted by Gasteiger charge is 2.41. The average molecular weight is 169 g/mol. The van der Waals surface area contributed by atoms with E-state index in [1.807, 2.05) is 0 Å². The normalized spacial score (nSPS) is 34.4. The van der Waals surface area contributed by atoms with E-state index in [1.54, 1.807) is 0 Å². The van der Waals surface area contributed by atoms with Crippen molar-refractivity contribution in [3.63, 3.8) is 0 Å². The smallest absolute Gasteiger partial charge is 0.169 e. The monoisotopic (exact) mass is 169 g/mol. The van der Waals surface area contributed by atoms with Gasteiger partial charge in [0.2, 0.25) is 0 Å². The fourth-order valence-electron chi connectivity index (χ4n) is 2.02. The van der Waals surface area contributed by atoms with Gasteiger partial charge in [-0.15, -0.1) is 0 Å². The van der Waals surface area contributed by atoms with Crippen LogP contribution in [0.4, 0.5) is 0 Å². The molecule has 68 valence electrons. The molecule has 0 aromatic heterocycles. The molecule has 1 N–H and O–H groups in total. The fraction of sp³-hybridized carbons (Fsp3) is 0.889. The van der Waals surface area contributed by atoms with E-state index < -0.39 is 0 Å². The summed E-state index contributed by atoms with van der Waals surface area (Å²) < 4.78 is 11.2. The lowest BCUT2D eigenvalue weighted by Crippen LogP contribution is -2.39. The molecular weight excluding hydrogens is 154 g/mol. The second kappa shape index (κ2) is 2.82. The lowest BCUT2D eigenvalue weighted by atomic mass is 9.84. The van der Waals surface area contributed by atoms with Crippen LogP contribution < -0.4 is 0 Å². The van der Waals surface area contributed by atoms with Gasteiger partial charge >= 0.3 is 0 Å². The molecule has 3 heteroatoms. The van der Waals surface area contributed by atoms with E-state index >= 15 is 0 Å². The Morgan fingerprint density at radius 3 is 2.67 bits per heavy atom. The van der Waals surface area contributed by atoms with E-state index in [0.717, 1.165) is 38.2 Å². The Morgan fingerprint density at radius 2 is 2.08 bits per heavy atom. The molecule has 1 atom stereocenters. The zero-order chi connectivity index (χ0) is 8.60. The third kappa shape index (κ3) is 1.27. The summed E-state index contributed by atoms with van der Waals surface area (Å²) in [6, 6.07) is 0. The van der Waals surface area contributed by atoms with Crippen LogP contribution >= 0.6 is 0 Å². The van der Waals surface area contributed by atoms with Gasteiger partial charge < -0.3 is 14.9 Å². The van der Waals surface area contributed by atoms with Gasteiger partial charge in [-0.05, 0) is 12.3 Å². The summed E-state index contributed by atoms with van der Waals surface area (Å²) in [5, 5.41) is 7.63. The minimum absolute atomic E-state index is 0.316. The minimum atomic E-state index is -0.316. The topological polar surface area (TPSA) is 42.3 Å². The number of nitrogens with one attached hydrogen (secondary N) is 1. The van der Waals surface area contributed by atoms with Crippen LogP contribution in [0, 0.1) is 11.3 Å². The van der Waals surface area contributed by atoms with Gasteiger partial charge in [-0.3, -0.25) is 0 Å². The molecule has 1 aliphatic carbocycles. The lowest BCUT2D eigenvalue weighted by molar-refractivity contribution is -0.173. The van der Waals surface area contributed by atoms with Gasteiger partial charge in [-0.2, -0.15) is 0 Å². The maximum atomic E-state index is 7.63. The van der Waals surface area contributed by atoms with Crippen molar-refractivity contribution in [3.8, 4) is 0 Å². The first-order valence-corrected chi connectivity index (χ1v) is 4.57. The molecule has 1 saturated carbocycles. The molecule has 1 saturated heterocycles. The van der Waals surface area contributed by atoms with E-state index in [2.05, 4.69) is 6.92 Å². The van der Waals surface area contributed by atoms with Crippen LogP contribution in [0.2, 0.25) is 0 Å². The summed E-state index contributed by atoms with van der Waals surface area (Å²) in [5.74, 6) is 0.0149. The summed E-state index contributed by atoms with van der Waals surface area (Å²) in [7, 11) is 0. The molecule has 0 radical (unpaired) electrons. The molecule has 1 unspecified atom stereocenters. The first kappa shape index (κ1) is 8.20. The molecule has 1 spiro atoms. The number of rotatable bonds is 0. The Balaban J connectivity index is 2.05. The standard InChI is InChI=1S/C9H15NO2/c1-7-6-9(3-2-8(7)10)11-4-5-12-9/h7,10H,2-6H2,1H3. The molecule has 2 aliphatic rings. The number of hydrogen-bond acceptors (Lipinski definition) is 3. The summed E-state index contributed by atoms with van der Waals surface area (Å²) in [4.78, 5) is 0. The van der Waals surface area contributed by atoms with Crippen LogP contribution in [0.3, 0.4) is 0 Å². The Kier molecular flexibility index (Phi) is 1.93. The Morgan fingerprint density at radius 1 is 1.42 bits per heavy atom. The molecule has 1 aliphatic heterocycles. The third-order valence-electron chi connectivity index (χ3n) is 2.80. The van der Waals surface area contributed by atoms with Gasteiger partial charge in [0.15, 0.2) is 5.79 Å². The van der Waals surface area contributed by atoms with Gasteiger partial charge in [0.05, 0.1) is 13.2 Å². The van der Waals surface area contributed by atoms with Crippen molar-refractivity contribution in [2.75, 3.05) is 13.2 Å². The van der Waals surface area contributed by atoms with Crippen molar-refractivity contribution in [1.82, 2.24) is 0 Å². The number of hydrogen-bond donors (Lipinski definition) is 1. The SMILES string of the molecule is CC1CC2(CCC1=N)OCCO2. The molecule has 12 heavy (non-hydrogen) atoms. The van der Waals surface area contributed by atoms with E-state index in [4.69, 9.17) is 14.9 Å². The summed E-state index contributed by atoms with van der Waals surface area (Å²) in [6.45, 7) is 3.52. The summed E-state index contributed by atoms with van der Waals surface area (Å²) in [5.41, 5.74) is 0.847. The van der Waals surface area contributed by atoms with Crippen LogP contribution in [-0.2, 0) is 9.47 Å². The van der Waals surface area contributed by atoms with E-state index in [-0.39, 0.29) is 5.79 Å².